The predicted molar refractivity (Wildman–Crippen MR) is 219 cm³/mol. The number of aromatic nitrogens is 6. The second-order valence-electron chi connectivity index (χ2n) is 16.0. The average Bonchev–Trinajstić information content (AvgIpc) is 3.76. The van der Waals surface area contributed by atoms with E-state index in [0.29, 0.717) is 13.3 Å². The third-order valence-corrected chi connectivity index (χ3v) is 11.6. The molecule has 1 fully saturated rings. The Morgan fingerprint density at radius 2 is 1.72 bits per heavy atom. The molecule has 10 heteroatoms. The second-order valence-corrected chi connectivity index (χ2v) is 21.6. The van der Waals surface area contributed by atoms with Crippen molar-refractivity contribution in [2.24, 2.45) is 0 Å². The topological polar surface area (TPSA) is 89.0 Å². The number of fused-ring (bicyclic) bond motifs is 3. The van der Waals surface area contributed by atoms with Gasteiger partial charge in [-0.05, 0) is 106 Å². The van der Waals surface area contributed by atoms with Crippen molar-refractivity contribution in [2.45, 2.75) is 98.1 Å². The van der Waals surface area contributed by atoms with Gasteiger partial charge in [-0.1, -0.05) is 68.2 Å². The zero-order valence-electron chi connectivity index (χ0n) is 32.6. The fourth-order valence-corrected chi connectivity index (χ4v) is 7.75. The highest BCUT2D eigenvalue weighted by atomic mass is 28.3. The first-order valence-electron chi connectivity index (χ1n) is 18.7. The Morgan fingerprint density at radius 3 is 2.40 bits per heavy atom. The molecule has 0 spiro atoms. The van der Waals surface area contributed by atoms with Gasteiger partial charge in [0.05, 0.1) is 33.7 Å². The van der Waals surface area contributed by atoms with Gasteiger partial charge in [-0.2, -0.15) is 10.2 Å². The van der Waals surface area contributed by atoms with E-state index in [1.165, 1.54) is 29.2 Å². The number of nitrogens with zero attached hydrogens (tertiary/aromatic N) is 6. The first-order chi connectivity index (χ1) is 25.2. The maximum atomic E-state index is 12.7. The Kier molecular flexibility index (Phi) is 11.3. The van der Waals surface area contributed by atoms with Gasteiger partial charge in [0.1, 0.15) is 13.0 Å². The summed E-state index contributed by atoms with van der Waals surface area (Å²) in [6, 6.07) is 21.6. The fourth-order valence-electron chi connectivity index (χ4n) is 7.00. The standard InChI is InChI=1S/C18H25NO2Si.C16H15N3.C9H14N2O/c1-14(2)16-8-6-7-15-9-10-19(18(20)17(15)16)13-21-11-12-22(3,4)5;1-10-9-13-15-14-11(7-8-17-15)5-4-6-12(14)16(2,3)19(13)18-10;1-8-5-6-11(10-8)9-4-2-3-7-12-9/h6-10H,1,11-13H2,2-5H3;4-9H,1-3H3;5-6,9H,2-4,7H2,1H3. The lowest BCUT2D eigenvalue weighted by molar-refractivity contribution is -0.0396. The van der Waals surface area contributed by atoms with E-state index in [2.05, 4.69) is 90.3 Å². The molecule has 0 saturated carbocycles. The molecule has 9 nitrogen and oxygen atoms in total. The molecule has 0 N–H and O–H groups in total. The minimum absolute atomic E-state index is 0.0101. The van der Waals surface area contributed by atoms with Gasteiger partial charge < -0.3 is 9.47 Å². The van der Waals surface area contributed by atoms with Crippen LogP contribution in [-0.2, 0) is 21.7 Å². The van der Waals surface area contributed by atoms with E-state index < -0.39 is 8.07 Å². The van der Waals surface area contributed by atoms with Gasteiger partial charge in [0.2, 0.25) is 0 Å². The molecule has 8 rings (SSSR count). The molecule has 2 aliphatic heterocycles. The molecule has 2 aromatic carbocycles. The van der Waals surface area contributed by atoms with Crippen molar-refractivity contribution < 1.29 is 9.47 Å². The largest absolute Gasteiger partial charge is 0.361 e. The molecule has 1 atom stereocenters. The van der Waals surface area contributed by atoms with E-state index in [1.807, 2.05) is 68.2 Å². The van der Waals surface area contributed by atoms with E-state index in [9.17, 15) is 4.79 Å². The summed E-state index contributed by atoms with van der Waals surface area (Å²) in [6.07, 6.45) is 9.41. The Morgan fingerprint density at radius 1 is 0.962 bits per heavy atom. The summed E-state index contributed by atoms with van der Waals surface area (Å²) >= 11 is 0. The molecule has 2 aliphatic rings. The highest BCUT2D eigenvalue weighted by Crippen LogP contribution is 2.42. The SMILES string of the molecule is C=C(C)c1cccc2ccn(COCC[Si](C)(C)C)c(=O)c12.Cc1cc2n(n1)C(C)(C)c1cccc3ccnc-2c13.Cc1ccn(C2CCCCO2)n1. The fraction of sp³-hybridized carbons (Fsp3) is 0.395. The van der Waals surface area contributed by atoms with E-state index >= 15 is 0 Å². The van der Waals surface area contributed by atoms with Crippen LogP contribution in [0.2, 0.25) is 25.7 Å². The van der Waals surface area contributed by atoms with Crippen molar-refractivity contribution >= 4 is 35.2 Å². The number of pyridine rings is 2. The van der Waals surface area contributed by atoms with E-state index in [-0.39, 0.29) is 17.3 Å². The quantitative estimate of drug-likeness (QED) is 0.120. The molecule has 53 heavy (non-hydrogen) atoms. The molecule has 0 bridgehead atoms. The lowest BCUT2D eigenvalue weighted by Gasteiger charge is -2.33. The van der Waals surface area contributed by atoms with Crippen LogP contribution in [0, 0.1) is 13.8 Å². The van der Waals surface area contributed by atoms with Crippen molar-refractivity contribution in [1.82, 2.24) is 29.1 Å². The zero-order chi connectivity index (χ0) is 37.9. The smallest absolute Gasteiger partial charge is 0.260 e. The van der Waals surface area contributed by atoms with Crippen LogP contribution in [0.1, 0.15) is 68.8 Å². The van der Waals surface area contributed by atoms with Gasteiger partial charge in [0.25, 0.3) is 5.56 Å². The van der Waals surface area contributed by atoms with Crippen LogP contribution in [0.3, 0.4) is 0 Å². The maximum absolute atomic E-state index is 12.7. The number of benzene rings is 2. The second kappa shape index (κ2) is 15.8. The Hall–Kier alpha value is -4.64. The van der Waals surface area contributed by atoms with Crippen molar-refractivity contribution in [3.63, 3.8) is 0 Å². The molecular formula is C43H54N6O3Si. The molecule has 4 aromatic heterocycles. The number of hydrogen-bond donors (Lipinski definition) is 0. The summed E-state index contributed by atoms with van der Waals surface area (Å²) in [7, 11) is -1.10. The molecule has 1 unspecified atom stereocenters. The number of rotatable bonds is 7. The van der Waals surface area contributed by atoms with Crippen LogP contribution in [-0.4, -0.2) is 50.4 Å². The van der Waals surface area contributed by atoms with Crippen molar-refractivity contribution in [3.05, 3.63) is 119 Å². The van der Waals surface area contributed by atoms with E-state index in [1.54, 1.807) is 10.8 Å². The minimum atomic E-state index is -1.10. The molecule has 6 heterocycles. The van der Waals surface area contributed by atoms with Crippen LogP contribution in [0.4, 0.5) is 0 Å². The third kappa shape index (κ3) is 8.45. The number of hydrogen-bond acceptors (Lipinski definition) is 6. The van der Waals surface area contributed by atoms with Crippen LogP contribution in [0.15, 0.2) is 90.6 Å². The lowest BCUT2D eigenvalue weighted by atomic mass is 9.85. The summed E-state index contributed by atoms with van der Waals surface area (Å²) in [6.45, 7) is 23.2. The Bertz CT molecular complexity index is 2280. The van der Waals surface area contributed by atoms with Crippen molar-refractivity contribution in [2.75, 3.05) is 13.2 Å². The first-order valence-corrected chi connectivity index (χ1v) is 22.4. The van der Waals surface area contributed by atoms with Gasteiger partial charge in [-0.25, -0.2) is 4.68 Å². The average molecular weight is 731 g/mol. The summed E-state index contributed by atoms with van der Waals surface area (Å²) in [5.74, 6) is 0. The van der Waals surface area contributed by atoms with Gasteiger partial charge in [-0.15, -0.1) is 0 Å². The van der Waals surface area contributed by atoms with Gasteiger partial charge in [0.15, 0.2) is 0 Å². The van der Waals surface area contributed by atoms with Crippen LogP contribution < -0.4 is 5.56 Å². The molecule has 0 radical (unpaired) electrons. The third-order valence-electron chi connectivity index (χ3n) is 9.94. The number of aryl methyl sites for hydroxylation is 2. The molecule has 1 saturated heterocycles. The normalized spacial score (nSPS) is 16.0. The molecule has 6 aromatic rings. The van der Waals surface area contributed by atoms with Crippen molar-refractivity contribution in [1.29, 1.82) is 0 Å². The zero-order valence-corrected chi connectivity index (χ0v) is 33.6. The van der Waals surface area contributed by atoms with E-state index in [4.69, 9.17) is 9.47 Å². The molecule has 0 amide bonds. The van der Waals surface area contributed by atoms with Crippen LogP contribution in [0.25, 0.3) is 38.5 Å². The van der Waals surface area contributed by atoms with Crippen LogP contribution in [0.5, 0.6) is 0 Å². The summed E-state index contributed by atoms with van der Waals surface area (Å²) in [4.78, 5) is 17.3. The number of ether oxygens (including phenoxy) is 2. The van der Waals surface area contributed by atoms with Crippen molar-refractivity contribution in [3.8, 4) is 11.4 Å². The van der Waals surface area contributed by atoms with Gasteiger partial charge >= 0.3 is 0 Å². The maximum Gasteiger partial charge on any atom is 0.260 e. The highest BCUT2D eigenvalue weighted by molar-refractivity contribution is 6.76. The van der Waals surface area contributed by atoms with Gasteiger partial charge in [-0.3, -0.25) is 19.0 Å². The molecule has 278 valence electrons. The number of allylic oxidation sites excluding steroid dienone is 1. The first kappa shape index (κ1) is 38.1. The Labute approximate surface area is 314 Å². The Balaban J connectivity index is 0.000000141. The van der Waals surface area contributed by atoms with Crippen LogP contribution >= 0.6 is 0 Å². The monoisotopic (exact) mass is 730 g/mol. The summed E-state index contributed by atoms with van der Waals surface area (Å²) in [5, 5.41) is 13.2. The summed E-state index contributed by atoms with van der Waals surface area (Å²) < 4.78 is 16.9. The lowest BCUT2D eigenvalue weighted by Crippen LogP contribution is -2.32. The van der Waals surface area contributed by atoms with E-state index in [0.717, 1.165) is 63.8 Å². The predicted octanol–water partition coefficient (Wildman–Crippen LogP) is 9.74. The van der Waals surface area contributed by atoms with Gasteiger partial charge in [0, 0.05) is 45.3 Å². The summed E-state index contributed by atoms with van der Waals surface area (Å²) in [5.41, 5.74) is 7.23. The molecule has 0 aliphatic carbocycles. The molecular weight excluding hydrogens is 677 g/mol. The minimum Gasteiger partial charge on any atom is -0.361 e. The highest BCUT2D eigenvalue weighted by Gasteiger charge is 2.34.